The molecule has 0 fully saturated rings. The zero-order valence-corrected chi connectivity index (χ0v) is 16.6. The minimum absolute atomic E-state index is 0.00543. The van der Waals surface area contributed by atoms with Crippen molar-refractivity contribution < 1.29 is 19.1 Å². The second-order valence-corrected chi connectivity index (χ2v) is 7.87. The van der Waals surface area contributed by atoms with Crippen LogP contribution in [0.4, 0.5) is 5.00 Å². The zero-order chi connectivity index (χ0) is 19.6. The smallest absolute Gasteiger partial charge is 0.256 e. The van der Waals surface area contributed by atoms with Gasteiger partial charge in [-0.2, -0.15) is 0 Å². The Morgan fingerprint density at radius 3 is 2.59 bits per heavy atom. The molecule has 1 heterocycles. The van der Waals surface area contributed by atoms with Crippen LogP contribution in [0.1, 0.15) is 57.8 Å². The normalized spacial score (nSPS) is 13.2. The highest BCUT2D eigenvalue weighted by Gasteiger charge is 2.25. The van der Waals surface area contributed by atoms with Gasteiger partial charge in [0, 0.05) is 10.4 Å². The molecule has 2 amide bonds. The molecule has 144 valence electrons. The molecule has 0 spiro atoms. The van der Waals surface area contributed by atoms with Gasteiger partial charge in [-0.25, -0.2) is 0 Å². The summed E-state index contributed by atoms with van der Waals surface area (Å²) in [5.74, 6) is 0.249. The number of primary amides is 1. The highest BCUT2D eigenvalue weighted by atomic mass is 32.1. The van der Waals surface area contributed by atoms with E-state index < -0.39 is 5.91 Å². The van der Waals surface area contributed by atoms with Gasteiger partial charge in [-0.1, -0.05) is 0 Å². The van der Waals surface area contributed by atoms with Crippen LogP contribution >= 0.6 is 11.3 Å². The average molecular weight is 388 g/mol. The Hall–Kier alpha value is -2.54. The summed E-state index contributed by atoms with van der Waals surface area (Å²) in [7, 11) is 1.53. The van der Waals surface area contributed by atoms with E-state index in [0.29, 0.717) is 27.6 Å². The van der Waals surface area contributed by atoms with Crippen molar-refractivity contribution in [3.63, 3.8) is 0 Å². The molecule has 3 N–H and O–H groups in total. The third-order valence-corrected chi connectivity index (χ3v) is 5.64. The number of hydrogen-bond acceptors (Lipinski definition) is 5. The molecule has 1 aromatic heterocycles. The SMILES string of the molecule is COc1cc(C(=O)Nc2sc3c(c2C(N)=O)CCCC3)ccc1OC(C)C. The van der Waals surface area contributed by atoms with Crippen molar-refractivity contribution in [1.82, 2.24) is 0 Å². The molecule has 0 atom stereocenters. The molecule has 7 heteroatoms. The molecule has 0 radical (unpaired) electrons. The summed E-state index contributed by atoms with van der Waals surface area (Å²) in [6, 6.07) is 5.01. The van der Waals surface area contributed by atoms with E-state index in [4.69, 9.17) is 15.2 Å². The summed E-state index contributed by atoms with van der Waals surface area (Å²) < 4.78 is 11.0. The quantitative estimate of drug-likeness (QED) is 0.788. The first kappa shape index (κ1) is 19.2. The Morgan fingerprint density at radius 2 is 1.93 bits per heavy atom. The second kappa shape index (κ2) is 8.00. The lowest BCUT2D eigenvalue weighted by Gasteiger charge is -2.14. The van der Waals surface area contributed by atoms with Gasteiger partial charge in [0.2, 0.25) is 0 Å². The number of thiophene rings is 1. The van der Waals surface area contributed by atoms with Crippen molar-refractivity contribution in [3.8, 4) is 11.5 Å². The van der Waals surface area contributed by atoms with Crippen LogP contribution in [0.3, 0.4) is 0 Å². The summed E-state index contributed by atoms with van der Waals surface area (Å²) in [6.45, 7) is 3.84. The number of hydrogen-bond donors (Lipinski definition) is 2. The number of aryl methyl sites for hydroxylation is 1. The van der Waals surface area contributed by atoms with Gasteiger partial charge in [0.25, 0.3) is 11.8 Å². The summed E-state index contributed by atoms with van der Waals surface area (Å²) in [4.78, 5) is 25.9. The molecule has 0 bridgehead atoms. The molecule has 0 saturated carbocycles. The van der Waals surface area contributed by atoms with E-state index in [-0.39, 0.29) is 12.0 Å². The third kappa shape index (κ3) is 4.08. The lowest BCUT2D eigenvalue weighted by molar-refractivity contribution is 0.100. The lowest BCUT2D eigenvalue weighted by atomic mass is 9.95. The predicted octanol–water partition coefficient (Wildman–Crippen LogP) is 3.77. The maximum absolute atomic E-state index is 12.8. The summed E-state index contributed by atoms with van der Waals surface area (Å²) in [5, 5.41) is 3.39. The average Bonchev–Trinajstić information content (AvgIpc) is 2.99. The first-order valence-electron chi connectivity index (χ1n) is 9.01. The largest absolute Gasteiger partial charge is 0.493 e. The van der Waals surface area contributed by atoms with Crippen LogP contribution in [0.2, 0.25) is 0 Å². The highest BCUT2D eigenvalue weighted by molar-refractivity contribution is 7.17. The number of nitrogens with two attached hydrogens (primary N) is 1. The van der Waals surface area contributed by atoms with Crippen molar-refractivity contribution in [3.05, 3.63) is 39.8 Å². The number of amides is 2. The van der Waals surface area contributed by atoms with Crippen LogP contribution in [0.15, 0.2) is 18.2 Å². The zero-order valence-electron chi connectivity index (χ0n) is 15.8. The maximum Gasteiger partial charge on any atom is 0.256 e. The van der Waals surface area contributed by atoms with Crippen LogP contribution in [0.5, 0.6) is 11.5 Å². The number of ether oxygens (including phenoxy) is 2. The van der Waals surface area contributed by atoms with E-state index in [1.165, 1.54) is 18.4 Å². The topological polar surface area (TPSA) is 90.6 Å². The number of nitrogens with one attached hydrogen (secondary N) is 1. The van der Waals surface area contributed by atoms with Crippen LogP contribution in [-0.2, 0) is 12.8 Å². The van der Waals surface area contributed by atoms with Crippen molar-refractivity contribution >= 4 is 28.2 Å². The molecule has 1 aromatic carbocycles. The number of fused-ring (bicyclic) bond motifs is 1. The van der Waals surface area contributed by atoms with E-state index in [1.54, 1.807) is 18.2 Å². The Balaban J connectivity index is 1.88. The fraction of sp³-hybridized carbons (Fsp3) is 0.400. The van der Waals surface area contributed by atoms with Gasteiger partial charge in [-0.05, 0) is 63.3 Å². The standard InChI is InChI=1S/C20H24N2O4S/c1-11(2)26-14-9-8-12(10-15(14)25-3)19(24)22-20-17(18(21)23)13-6-4-5-7-16(13)27-20/h8-11H,4-7H2,1-3H3,(H2,21,23)(H,22,24). The van der Waals surface area contributed by atoms with Gasteiger partial charge in [0.05, 0.1) is 18.8 Å². The molecular weight excluding hydrogens is 364 g/mol. The molecule has 3 rings (SSSR count). The molecule has 6 nitrogen and oxygen atoms in total. The number of carbonyl (C=O) groups is 2. The molecule has 0 unspecified atom stereocenters. The minimum atomic E-state index is -0.497. The van der Waals surface area contributed by atoms with Crippen LogP contribution in [0.25, 0.3) is 0 Å². The predicted molar refractivity (Wildman–Crippen MR) is 106 cm³/mol. The van der Waals surface area contributed by atoms with E-state index in [9.17, 15) is 9.59 Å². The summed E-state index contributed by atoms with van der Waals surface area (Å²) >= 11 is 1.45. The van der Waals surface area contributed by atoms with Gasteiger partial charge in [-0.3, -0.25) is 9.59 Å². The van der Waals surface area contributed by atoms with Crippen LogP contribution < -0.4 is 20.5 Å². The van der Waals surface area contributed by atoms with Crippen LogP contribution in [-0.4, -0.2) is 25.0 Å². The molecule has 2 aromatic rings. The first-order chi connectivity index (χ1) is 12.9. The molecule has 0 saturated heterocycles. The number of anilines is 1. The van der Waals surface area contributed by atoms with Gasteiger partial charge in [-0.15, -0.1) is 11.3 Å². The van der Waals surface area contributed by atoms with E-state index in [1.807, 2.05) is 13.8 Å². The van der Waals surface area contributed by atoms with Crippen molar-refractivity contribution in [2.75, 3.05) is 12.4 Å². The number of carbonyl (C=O) groups excluding carboxylic acids is 2. The fourth-order valence-corrected chi connectivity index (χ4v) is 4.54. The highest BCUT2D eigenvalue weighted by Crippen LogP contribution is 2.38. The number of rotatable bonds is 6. The molecule has 0 aliphatic heterocycles. The lowest BCUT2D eigenvalue weighted by Crippen LogP contribution is -2.18. The van der Waals surface area contributed by atoms with Crippen LogP contribution in [0, 0.1) is 0 Å². The van der Waals surface area contributed by atoms with Crippen molar-refractivity contribution in [1.29, 1.82) is 0 Å². The van der Waals surface area contributed by atoms with Gasteiger partial charge in [0.15, 0.2) is 11.5 Å². The van der Waals surface area contributed by atoms with Gasteiger partial charge in [0.1, 0.15) is 5.00 Å². The minimum Gasteiger partial charge on any atom is -0.493 e. The number of methoxy groups -OCH3 is 1. The third-order valence-electron chi connectivity index (χ3n) is 4.43. The number of benzene rings is 1. The van der Waals surface area contributed by atoms with Gasteiger partial charge < -0.3 is 20.5 Å². The van der Waals surface area contributed by atoms with Gasteiger partial charge >= 0.3 is 0 Å². The van der Waals surface area contributed by atoms with E-state index in [0.717, 1.165) is 36.1 Å². The van der Waals surface area contributed by atoms with Crippen molar-refractivity contribution in [2.45, 2.75) is 45.6 Å². The molecule has 1 aliphatic carbocycles. The molecule has 27 heavy (non-hydrogen) atoms. The molecule has 1 aliphatic rings. The Bertz CT molecular complexity index is 873. The monoisotopic (exact) mass is 388 g/mol. The first-order valence-corrected chi connectivity index (χ1v) is 9.82. The summed E-state index contributed by atoms with van der Waals surface area (Å²) in [6.07, 6.45) is 3.87. The molecular formula is C20H24N2O4S. The summed E-state index contributed by atoms with van der Waals surface area (Å²) in [5.41, 5.74) is 7.46. The van der Waals surface area contributed by atoms with Crippen molar-refractivity contribution in [2.24, 2.45) is 5.73 Å². The second-order valence-electron chi connectivity index (χ2n) is 6.77. The Kier molecular flexibility index (Phi) is 5.70. The maximum atomic E-state index is 12.8. The Morgan fingerprint density at radius 1 is 1.19 bits per heavy atom. The van der Waals surface area contributed by atoms with E-state index >= 15 is 0 Å². The fourth-order valence-electron chi connectivity index (χ4n) is 3.25. The van der Waals surface area contributed by atoms with E-state index in [2.05, 4.69) is 5.32 Å². The Labute approximate surface area is 162 Å².